The van der Waals surface area contributed by atoms with Gasteiger partial charge in [0, 0.05) is 5.56 Å². The number of hydrogen-bond acceptors (Lipinski definition) is 5. The van der Waals surface area contributed by atoms with Crippen LogP contribution in [0.3, 0.4) is 0 Å². The topological polar surface area (TPSA) is 79.2 Å². The van der Waals surface area contributed by atoms with E-state index < -0.39 is 5.91 Å². The Hall–Kier alpha value is -1.47. The molecule has 100 valence electrons. The van der Waals surface area contributed by atoms with E-state index in [9.17, 15) is 4.79 Å². The molecule has 1 amide bonds. The zero-order valence-corrected chi connectivity index (χ0v) is 10.2. The molecule has 0 aliphatic carbocycles. The van der Waals surface area contributed by atoms with Crippen LogP contribution in [0.25, 0.3) is 0 Å². The fraction of sp³-hybridized carbons (Fsp3) is 0.417. The van der Waals surface area contributed by atoms with Crippen LogP contribution < -0.4 is 0 Å². The van der Waals surface area contributed by atoms with Crippen molar-refractivity contribution >= 4 is 5.91 Å². The van der Waals surface area contributed by atoms with Gasteiger partial charge in [0.25, 0.3) is 0 Å². The molecule has 0 unspecified atom stereocenters. The molecular weight excluding hydrogens is 238 g/mol. The molecule has 0 fully saturated rings. The maximum absolute atomic E-state index is 12.0. The second kappa shape index (κ2) is 7.78. The van der Waals surface area contributed by atoms with E-state index in [-0.39, 0.29) is 26.4 Å². The highest BCUT2D eigenvalue weighted by Crippen LogP contribution is 2.08. The van der Waals surface area contributed by atoms with Crippen molar-refractivity contribution in [2.45, 2.75) is 6.92 Å². The number of aryl methyl sites for hydroxylation is 1. The van der Waals surface area contributed by atoms with Crippen LogP contribution >= 0.6 is 0 Å². The molecule has 0 heterocycles. The Balaban J connectivity index is 2.70. The number of aliphatic hydroxyl groups excluding tert-OH is 2. The van der Waals surface area contributed by atoms with Crippen LogP contribution in [0.2, 0.25) is 0 Å². The largest absolute Gasteiger partial charge is 0.394 e. The van der Waals surface area contributed by atoms with Crippen LogP contribution in [-0.4, -0.2) is 47.8 Å². The molecule has 0 aromatic heterocycles. The van der Waals surface area contributed by atoms with Gasteiger partial charge in [-0.05, 0) is 19.1 Å². The fourth-order valence-corrected chi connectivity index (χ4v) is 1.20. The van der Waals surface area contributed by atoms with Gasteiger partial charge in [0.2, 0.25) is 0 Å². The number of hydroxylamine groups is 2. The highest BCUT2D eigenvalue weighted by Gasteiger charge is 2.17. The molecule has 18 heavy (non-hydrogen) atoms. The lowest BCUT2D eigenvalue weighted by Crippen LogP contribution is -2.33. The Bertz CT molecular complexity index is 357. The normalized spacial score (nSPS) is 10.4. The zero-order valence-electron chi connectivity index (χ0n) is 10.2. The van der Waals surface area contributed by atoms with Crippen LogP contribution in [0.15, 0.2) is 24.3 Å². The summed E-state index contributed by atoms with van der Waals surface area (Å²) in [4.78, 5) is 21.9. The molecule has 1 rings (SSSR count). The maximum Gasteiger partial charge on any atom is 0.303 e. The van der Waals surface area contributed by atoms with Crippen LogP contribution in [0.4, 0.5) is 0 Å². The quantitative estimate of drug-likeness (QED) is 0.684. The molecule has 6 heteroatoms. The van der Waals surface area contributed by atoms with E-state index in [2.05, 4.69) is 0 Å². The van der Waals surface area contributed by atoms with Crippen molar-refractivity contribution in [3.8, 4) is 0 Å². The average Bonchev–Trinajstić information content (AvgIpc) is 2.39. The van der Waals surface area contributed by atoms with Gasteiger partial charge in [0.1, 0.15) is 13.2 Å². The first kappa shape index (κ1) is 14.6. The summed E-state index contributed by atoms with van der Waals surface area (Å²) in [6, 6.07) is 6.89. The summed E-state index contributed by atoms with van der Waals surface area (Å²) in [6.07, 6.45) is 0. The van der Waals surface area contributed by atoms with E-state index in [0.717, 1.165) is 5.56 Å². The molecule has 0 atom stereocenters. The molecule has 0 aliphatic rings. The van der Waals surface area contributed by atoms with Gasteiger partial charge in [0.15, 0.2) is 0 Å². The van der Waals surface area contributed by atoms with Gasteiger partial charge in [-0.3, -0.25) is 4.79 Å². The minimum absolute atomic E-state index is 0.0664. The molecule has 0 aliphatic heterocycles. The van der Waals surface area contributed by atoms with Crippen molar-refractivity contribution in [3.05, 3.63) is 35.4 Å². The summed E-state index contributed by atoms with van der Waals surface area (Å²) in [6.45, 7) is 1.31. The summed E-state index contributed by atoms with van der Waals surface area (Å²) in [5, 5.41) is 18.0. The van der Waals surface area contributed by atoms with E-state index in [1.807, 2.05) is 6.92 Å². The number of rotatable bonds is 7. The number of benzene rings is 1. The number of nitrogens with zero attached hydrogens (tertiary/aromatic N) is 1. The second-order valence-electron chi connectivity index (χ2n) is 3.54. The molecule has 2 N–H and O–H groups in total. The smallest absolute Gasteiger partial charge is 0.303 e. The first-order valence-electron chi connectivity index (χ1n) is 5.57. The van der Waals surface area contributed by atoms with Gasteiger partial charge in [-0.2, -0.15) is 0 Å². The molecule has 0 saturated carbocycles. The van der Waals surface area contributed by atoms with Gasteiger partial charge >= 0.3 is 5.91 Å². The first-order chi connectivity index (χ1) is 8.69. The Labute approximate surface area is 105 Å². The summed E-state index contributed by atoms with van der Waals surface area (Å²) < 4.78 is 0. The number of carbonyl (C=O) groups is 1. The van der Waals surface area contributed by atoms with Crippen LogP contribution in [0, 0.1) is 6.92 Å². The summed E-state index contributed by atoms with van der Waals surface area (Å²) in [5.41, 5.74) is 1.43. The third-order valence-corrected chi connectivity index (χ3v) is 2.06. The number of amides is 1. The molecule has 6 nitrogen and oxygen atoms in total. The standard InChI is InChI=1S/C12H17NO5/c1-10-2-4-11(5-3-10)12(16)13(17-8-6-14)18-9-7-15/h2-5,14-15H,6-9H2,1H3. The van der Waals surface area contributed by atoms with Gasteiger partial charge in [-0.1, -0.05) is 22.9 Å². The molecule has 0 saturated heterocycles. The van der Waals surface area contributed by atoms with E-state index in [1.54, 1.807) is 24.3 Å². The number of aliphatic hydroxyl groups is 2. The number of carbonyl (C=O) groups excluding carboxylic acids is 1. The van der Waals surface area contributed by atoms with E-state index in [1.165, 1.54) is 0 Å². The van der Waals surface area contributed by atoms with Crippen LogP contribution in [-0.2, 0) is 9.68 Å². The highest BCUT2D eigenvalue weighted by molar-refractivity contribution is 5.92. The van der Waals surface area contributed by atoms with Gasteiger partial charge in [0.05, 0.1) is 13.2 Å². The van der Waals surface area contributed by atoms with Gasteiger partial charge in [-0.15, -0.1) is 0 Å². The predicted octanol–water partition coefficient (Wildman–Crippen LogP) is 0.285. The van der Waals surface area contributed by atoms with Crippen molar-refractivity contribution in [1.82, 2.24) is 5.23 Å². The molecule has 0 radical (unpaired) electrons. The average molecular weight is 255 g/mol. The predicted molar refractivity (Wildman–Crippen MR) is 63.4 cm³/mol. The lowest BCUT2D eigenvalue weighted by atomic mass is 10.1. The summed E-state index contributed by atoms with van der Waals surface area (Å²) in [7, 11) is 0. The molecule has 1 aromatic rings. The molecule has 0 spiro atoms. The molecular formula is C12H17NO5. The number of hydrogen-bond donors (Lipinski definition) is 2. The van der Waals surface area contributed by atoms with Crippen molar-refractivity contribution < 1.29 is 24.7 Å². The summed E-state index contributed by atoms with van der Waals surface area (Å²) in [5.74, 6) is -0.489. The van der Waals surface area contributed by atoms with Gasteiger partial charge in [-0.25, -0.2) is 9.68 Å². The Morgan fingerprint density at radius 3 is 2.06 bits per heavy atom. The Kier molecular flexibility index (Phi) is 6.31. The van der Waals surface area contributed by atoms with E-state index >= 15 is 0 Å². The highest BCUT2D eigenvalue weighted by atomic mass is 17.0. The van der Waals surface area contributed by atoms with Crippen molar-refractivity contribution in [2.24, 2.45) is 0 Å². The minimum atomic E-state index is -0.489. The molecule has 1 aromatic carbocycles. The van der Waals surface area contributed by atoms with Crippen molar-refractivity contribution in [2.75, 3.05) is 26.4 Å². The van der Waals surface area contributed by atoms with Gasteiger partial charge < -0.3 is 10.2 Å². The van der Waals surface area contributed by atoms with Crippen molar-refractivity contribution in [1.29, 1.82) is 0 Å². The Morgan fingerprint density at radius 1 is 1.11 bits per heavy atom. The lowest BCUT2D eigenvalue weighted by molar-refractivity contribution is -0.331. The third kappa shape index (κ3) is 4.42. The second-order valence-corrected chi connectivity index (χ2v) is 3.54. The zero-order chi connectivity index (χ0) is 13.4. The maximum atomic E-state index is 12.0. The third-order valence-electron chi connectivity index (χ3n) is 2.06. The van der Waals surface area contributed by atoms with Crippen LogP contribution in [0.1, 0.15) is 15.9 Å². The monoisotopic (exact) mass is 255 g/mol. The van der Waals surface area contributed by atoms with E-state index in [4.69, 9.17) is 19.9 Å². The molecule has 0 bridgehead atoms. The first-order valence-corrected chi connectivity index (χ1v) is 5.57. The fourth-order valence-electron chi connectivity index (χ4n) is 1.20. The van der Waals surface area contributed by atoms with Crippen molar-refractivity contribution in [3.63, 3.8) is 0 Å². The SMILES string of the molecule is Cc1ccc(C(=O)N(OCCO)OCCO)cc1. The minimum Gasteiger partial charge on any atom is -0.394 e. The van der Waals surface area contributed by atoms with E-state index in [0.29, 0.717) is 10.8 Å². The lowest BCUT2D eigenvalue weighted by Gasteiger charge is -2.19. The summed E-state index contributed by atoms with van der Waals surface area (Å²) >= 11 is 0. The van der Waals surface area contributed by atoms with Crippen LogP contribution in [0.5, 0.6) is 0 Å². The Morgan fingerprint density at radius 2 is 1.61 bits per heavy atom.